The van der Waals surface area contributed by atoms with Gasteiger partial charge in [0.1, 0.15) is 11.4 Å². The van der Waals surface area contributed by atoms with Crippen molar-refractivity contribution in [1.29, 1.82) is 0 Å². The van der Waals surface area contributed by atoms with Gasteiger partial charge in [-0.15, -0.1) is 0 Å². The first-order valence-electron chi connectivity index (χ1n) is 12.2. The van der Waals surface area contributed by atoms with Crippen LogP contribution in [0.5, 0.6) is 5.75 Å². The summed E-state index contributed by atoms with van der Waals surface area (Å²) >= 11 is 1.29. The van der Waals surface area contributed by atoms with Gasteiger partial charge in [0, 0.05) is 28.7 Å². The summed E-state index contributed by atoms with van der Waals surface area (Å²) in [7, 11) is 1.62. The highest BCUT2D eigenvalue weighted by molar-refractivity contribution is 7.07. The Kier molecular flexibility index (Phi) is 5.92. The van der Waals surface area contributed by atoms with Crippen LogP contribution in [0, 0.1) is 0 Å². The van der Waals surface area contributed by atoms with E-state index < -0.39 is 12.0 Å². The van der Waals surface area contributed by atoms with Crippen molar-refractivity contribution in [2.45, 2.75) is 19.9 Å². The highest BCUT2D eigenvalue weighted by Crippen LogP contribution is 2.37. The van der Waals surface area contributed by atoms with Crippen molar-refractivity contribution in [3.05, 3.63) is 103 Å². The number of H-pyrrole nitrogens is 1. The second-order valence-corrected chi connectivity index (χ2v) is 9.86. The van der Waals surface area contributed by atoms with Crippen molar-refractivity contribution in [3.63, 3.8) is 0 Å². The average Bonchev–Trinajstić information content (AvgIpc) is 3.48. The fraction of sp³-hybridized carbons (Fsp3) is 0.172. The van der Waals surface area contributed by atoms with Crippen molar-refractivity contribution in [1.82, 2.24) is 14.5 Å². The number of fused-ring (bicyclic) bond motifs is 3. The van der Waals surface area contributed by atoms with Crippen LogP contribution in [0.15, 0.2) is 82.0 Å². The van der Waals surface area contributed by atoms with Crippen LogP contribution in [0.25, 0.3) is 27.9 Å². The minimum atomic E-state index is -0.715. The van der Waals surface area contributed by atoms with E-state index >= 15 is 0 Å². The van der Waals surface area contributed by atoms with E-state index in [2.05, 4.69) is 15.0 Å². The molecule has 0 aliphatic carbocycles. The fourth-order valence-corrected chi connectivity index (χ4v) is 6.07. The van der Waals surface area contributed by atoms with Gasteiger partial charge in [0.25, 0.3) is 5.56 Å². The van der Waals surface area contributed by atoms with Crippen LogP contribution in [0.3, 0.4) is 0 Å². The number of thiazole rings is 1. The predicted octanol–water partition coefficient (Wildman–Crippen LogP) is 3.84. The number of hydrogen-bond donors (Lipinski definition) is 1. The second-order valence-electron chi connectivity index (χ2n) is 8.85. The van der Waals surface area contributed by atoms with Crippen molar-refractivity contribution < 1.29 is 14.3 Å². The molecule has 1 aliphatic rings. The number of ether oxygens (including phenoxy) is 2. The average molecular weight is 525 g/mol. The molecule has 0 radical (unpaired) electrons. The minimum Gasteiger partial charge on any atom is -0.496 e. The van der Waals surface area contributed by atoms with E-state index in [0.717, 1.165) is 32.9 Å². The molecule has 6 rings (SSSR count). The molecule has 8 nitrogen and oxygen atoms in total. The standard InChI is InChI=1S/C29H24N4O4S/c1-4-37-28(35)24-16(2)32-29-33(25(24)21-11-12-22(36-3)20-9-6-5-8-19(20)21)27(34)23(38-29)14-17-15-31-26-18(17)10-7-13-30-26/h5-15,25H,4H2,1-3H3,(H,30,31)/b23-14-. The molecule has 0 spiro atoms. The van der Waals surface area contributed by atoms with Crippen LogP contribution in [0.1, 0.15) is 31.0 Å². The first kappa shape index (κ1) is 23.9. The lowest BCUT2D eigenvalue weighted by Crippen LogP contribution is -2.40. The molecule has 2 aromatic carbocycles. The number of aromatic amines is 1. The molecule has 0 bridgehead atoms. The third kappa shape index (κ3) is 3.74. The summed E-state index contributed by atoms with van der Waals surface area (Å²) in [6.45, 7) is 3.76. The Morgan fingerprint density at radius 2 is 1.92 bits per heavy atom. The van der Waals surface area contributed by atoms with Crippen molar-refractivity contribution in [2.24, 2.45) is 4.99 Å². The summed E-state index contributed by atoms with van der Waals surface area (Å²) in [5.74, 6) is 0.221. The molecule has 1 aliphatic heterocycles. The van der Waals surface area contributed by atoms with Crippen molar-refractivity contribution >= 4 is 45.2 Å². The topological polar surface area (TPSA) is 98.6 Å². The van der Waals surface area contributed by atoms with Crippen LogP contribution in [-0.2, 0) is 9.53 Å². The number of methoxy groups -OCH3 is 1. The van der Waals surface area contributed by atoms with Crippen molar-refractivity contribution in [3.8, 4) is 5.75 Å². The summed E-state index contributed by atoms with van der Waals surface area (Å²) in [6.07, 6.45) is 5.39. The minimum absolute atomic E-state index is 0.213. The number of nitrogens with zero attached hydrogens (tertiary/aromatic N) is 3. The summed E-state index contributed by atoms with van der Waals surface area (Å²) in [5.41, 5.74) is 3.03. The van der Waals surface area contributed by atoms with Crippen LogP contribution in [0.4, 0.5) is 0 Å². The molecule has 1 N–H and O–H groups in total. The highest BCUT2D eigenvalue weighted by atomic mass is 32.1. The maximum absolute atomic E-state index is 14.0. The van der Waals surface area contributed by atoms with Crippen LogP contribution in [0.2, 0.25) is 0 Å². The Bertz CT molecular complexity index is 1950. The molecular formula is C29H24N4O4S. The Hall–Kier alpha value is -4.50. The summed E-state index contributed by atoms with van der Waals surface area (Å²) in [6, 6.07) is 14.7. The van der Waals surface area contributed by atoms with E-state index in [0.29, 0.717) is 26.4 Å². The van der Waals surface area contributed by atoms with Gasteiger partial charge in [-0.05, 0) is 49.1 Å². The number of carbonyl (C=O) groups is 1. The van der Waals surface area contributed by atoms with Crippen LogP contribution < -0.4 is 19.6 Å². The number of aromatic nitrogens is 3. The van der Waals surface area contributed by atoms with Gasteiger partial charge in [0.15, 0.2) is 4.80 Å². The maximum atomic E-state index is 14.0. The van der Waals surface area contributed by atoms with Crippen LogP contribution in [-0.4, -0.2) is 34.2 Å². The zero-order chi connectivity index (χ0) is 26.4. The summed E-state index contributed by atoms with van der Waals surface area (Å²) in [4.78, 5) is 40.0. The van der Waals surface area contributed by atoms with Gasteiger partial charge in [-0.2, -0.15) is 0 Å². The Labute approximate surface area is 221 Å². The molecule has 0 saturated heterocycles. The van der Waals surface area contributed by atoms with E-state index in [4.69, 9.17) is 9.47 Å². The molecule has 4 heterocycles. The van der Waals surface area contributed by atoms with Gasteiger partial charge < -0.3 is 14.5 Å². The second kappa shape index (κ2) is 9.42. The lowest BCUT2D eigenvalue weighted by atomic mass is 9.91. The first-order valence-corrected chi connectivity index (χ1v) is 13.0. The van der Waals surface area contributed by atoms with E-state index in [1.165, 1.54) is 11.3 Å². The van der Waals surface area contributed by atoms with E-state index in [-0.39, 0.29) is 12.2 Å². The third-order valence-corrected chi connectivity index (χ3v) is 7.70. The van der Waals surface area contributed by atoms with E-state index in [1.807, 2.05) is 60.8 Å². The van der Waals surface area contributed by atoms with Gasteiger partial charge in [0.2, 0.25) is 0 Å². The predicted molar refractivity (Wildman–Crippen MR) is 147 cm³/mol. The molecular weight excluding hydrogens is 500 g/mol. The number of pyridine rings is 1. The number of benzene rings is 2. The molecule has 0 amide bonds. The van der Waals surface area contributed by atoms with Gasteiger partial charge in [-0.1, -0.05) is 41.7 Å². The summed E-state index contributed by atoms with van der Waals surface area (Å²) in [5, 5.41) is 2.68. The third-order valence-electron chi connectivity index (χ3n) is 6.72. The van der Waals surface area contributed by atoms with Gasteiger partial charge in [-0.25, -0.2) is 14.8 Å². The Morgan fingerprint density at radius 1 is 1.13 bits per heavy atom. The zero-order valence-electron chi connectivity index (χ0n) is 21.0. The van der Waals surface area contributed by atoms with E-state index in [1.54, 1.807) is 31.7 Å². The lowest BCUT2D eigenvalue weighted by molar-refractivity contribution is -0.139. The van der Waals surface area contributed by atoms with Gasteiger partial charge >= 0.3 is 5.97 Å². The van der Waals surface area contributed by atoms with Crippen molar-refractivity contribution in [2.75, 3.05) is 13.7 Å². The quantitative estimate of drug-likeness (QED) is 0.353. The molecule has 190 valence electrons. The number of carbonyl (C=O) groups excluding carboxylic acids is 1. The molecule has 0 fully saturated rings. The molecule has 38 heavy (non-hydrogen) atoms. The normalized spacial score (nSPS) is 15.6. The number of hydrogen-bond acceptors (Lipinski definition) is 7. The molecule has 5 aromatic rings. The number of nitrogens with one attached hydrogen (secondary N) is 1. The van der Waals surface area contributed by atoms with Gasteiger partial charge in [-0.3, -0.25) is 9.36 Å². The Morgan fingerprint density at radius 3 is 2.71 bits per heavy atom. The number of esters is 1. The van der Waals surface area contributed by atoms with Crippen LogP contribution >= 0.6 is 11.3 Å². The fourth-order valence-electron chi connectivity index (χ4n) is 5.03. The molecule has 1 atom stereocenters. The Balaban J connectivity index is 1.64. The summed E-state index contributed by atoms with van der Waals surface area (Å²) < 4.78 is 13.2. The van der Waals surface area contributed by atoms with Gasteiger partial charge in [0.05, 0.1) is 35.6 Å². The SMILES string of the molecule is CCOC(=O)C1=C(C)N=c2s/c(=C\c3c[nH]c4ncccc34)c(=O)n2C1c1ccc(OC)c2ccccc12. The highest BCUT2D eigenvalue weighted by Gasteiger charge is 2.34. The van der Waals surface area contributed by atoms with E-state index in [9.17, 15) is 9.59 Å². The molecule has 3 aromatic heterocycles. The largest absolute Gasteiger partial charge is 0.496 e. The molecule has 9 heteroatoms. The number of rotatable bonds is 5. The zero-order valence-corrected chi connectivity index (χ0v) is 21.8. The number of allylic oxidation sites excluding steroid dienone is 1. The maximum Gasteiger partial charge on any atom is 0.338 e. The lowest BCUT2D eigenvalue weighted by Gasteiger charge is -2.26. The smallest absolute Gasteiger partial charge is 0.338 e. The first-order chi connectivity index (χ1) is 18.5. The molecule has 1 unspecified atom stereocenters. The monoisotopic (exact) mass is 524 g/mol. The molecule has 0 saturated carbocycles.